The largest absolute Gasteiger partial charge is 0.416 e. The van der Waals surface area contributed by atoms with Crippen LogP contribution in [0.1, 0.15) is 11.1 Å². The molecule has 5 nitrogen and oxygen atoms in total. The van der Waals surface area contributed by atoms with E-state index in [0.29, 0.717) is 28.1 Å². The molecule has 170 valence electrons. The highest BCUT2D eigenvalue weighted by Gasteiger charge is 2.30. The predicted octanol–water partition coefficient (Wildman–Crippen LogP) is 4.61. The molecule has 32 heavy (non-hydrogen) atoms. The van der Waals surface area contributed by atoms with Crippen LogP contribution in [0.25, 0.3) is 16.7 Å². The molecule has 1 aromatic heterocycles. The van der Waals surface area contributed by atoms with Gasteiger partial charge in [0.05, 0.1) is 22.1 Å². The Morgan fingerprint density at radius 3 is 2.34 bits per heavy atom. The number of hydrogen-bond acceptors (Lipinski definition) is 5. The lowest BCUT2D eigenvalue weighted by molar-refractivity contribution is -0.137. The molecule has 0 spiro atoms. The summed E-state index contributed by atoms with van der Waals surface area (Å²) in [5.74, 6) is 0.564. The third-order valence-electron chi connectivity index (χ3n) is 5.06. The number of rotatable bonds is 5. The van der Waals surface area contributed by atoms with Crippen LogP contribution < -0.4 is 10.6 Å². The van der Waals surface area contributed by atoms with E-state index in [4.69, 9.17) is 17.3 Å². The van der Waals surface area contributed by atoms with Crippen LogP contribution in [0.4, 0.5) is 19.0 Å². The zero-order valence-electron chi connectivity index (χ0n) is 16.9. The van der Waals surface area contributed by atoms with Crippen LogP contribution in [-0.4, -0.2) is 38.0 Å². The average molecular weight is 484 g/mol. The Balaban J connectivity index is 2.12. The van der Waals surface area contributed by atoms with Gasteiger partial charge in [-0.15, -0.1) is 0 Å². The molecular weight excluding hydrogens is 463 g/mol. The standard InChI is InChI=1S/C22H21ClF3N3O2S/c1-2-3-17(20(23)13-27)18-12-21(29-8-10-32(30,31)11-9-29)28-14-19(18)15-4-6-16(7-5-15)22(24,25)26/h2-7,12-14H,1,8-11,27H2/b17-3-,20-13+. The molecule has 0 atom stereocenters. The van der Waals surface area contributed by atoms with E-state index in [9.17, 15) is 21.6 Å². The molecule has 1 aliphatic heterocycles. The topological polar surface area (TPSA) is 76.3 Å². The Morgan fingerprint density at radius 2 is 1.81 bits per heavy atom. The fraction of sp³-hybridized carbons (Fsp3) is 0.227. The van der Waals surface area contributed by atoms with E-state index in [1.54, 1.807) is 12.1 Å². The molecule has 0 radical (unpaired) electrons. The summed E-state index contributed by atoms with van der Waals surface area (Å²) in [5, 5.41) is 0.219. The van der Waals surface area contributed by atoms with Crippen molar-refractivity contribution in [2.75, 3.05) is 29.5 Å². The molecule has 1 aromatic carbocycles. The van der Waals surface area contributed by atoms with Gasteiger partial charge in [0.15, 0.2) is 9.84 Å². The second kappa shape index (κ2) is 9.38. The van der Waals surface area contributed by atoms with E-state index >= 15 is 0 Å². The number of sulfone groups is 1. The van der Waals surface area contributed by atoms with Crippen LogP contribution >= 0.6 is 11.6 Å². The summed E-state index contributed by atoms with van der Waals surface area (Å²) in [7, 11) is -3.08. The lowest BCUT2D eigenvalue weighted by atomic mass is 9.94. The van der Waals surface area contributed by atoms with Crippen LogP contribution in [0.3, 0.4) is 0 Å². The third kappa shape index (κ3) is 5.34. The molecule has 0 unspecified atom stereocenters. The second-order valence-electron chi connectivity index (χ2n) is 7.13. The predicted molar refractivity (Wildman–Crippen MR) is 122 cm³/mol. The van der Waals surface area contributed by atoms with E-state index in [2.05, 4.69) is 11.6 Å². The number of pyridine rings is 1. The molecule has 1 fully saturated rings. The van der Waals surface area contributed by atoms with Gasteiger partial charge in [-0.25, -0.2) is 13.4 Å². The Hall–Kier alpha value is -2.78. The van der Waals surface area contributed by atoms with Gasteiger partial charge >= 0.3 is 6.18 Å². The van der Waals surface area contributed by atoms with Crippen molar-refractivity contribution in [3.05, 3.63) is 77.6 Å². The van der Waals surface area contributed by atoms with Crippen molar-refractivity contribution in [3.63, 3.8) is 0 Å². The quantitative estimate of drug-likeness (QED) is 0.628. The highest BCUT2D eigenvalue weighted by atomic mass is 35.5. The van der Waals surface area contributed by atoms with Crippen molar-refractivity contribution in [2.24, 2.45) is 5.73 Å². The highest BCUT2D eigenvalue weighted by Crippen LogP contribution is 2.37. The molecule has 0 amide bonds. The van der Waals surface area contributed by atoms with Gasteiger partial charge in [0, 0.05) is 36.6 Å². The molecule has 0 saturated carbocycles. The number of allylic oxidation sites excluding steroid dienone is 4. The minimum Gasteiger partial charge on any atom is -0.403 e. The number of aromatic nitrogens is 1. The summed E-state index contributed by atoms with van der Waals surface area (Å²) >= 11 is 6.32. The van der Waals surface area contributed by atoms with E-state index in [1.165, 1.54) is 30.6 Å². The smallest absolute Gasteiger partial charge is 0.403 e. The van der Waals surface area contributed by atoms with Crippen molar-refractivity contribution in [2.45, 2.75) is 6.18 Å². The van der Waals surface area contributed by atoms with Crippen LogP contribution in [0.2, 0.25) is 0 Å². The highest BCUT2D eigenvalue weighted by molar-refractivity contribution is 7.91. The molecule has 2 N–H and O–H groups in total. The minimum atomic E-state index is -4.45. The number of nitrogens with two attached hydrogens (primary N) is 1. The summed E-state index contributed by atoms with van der Waals surface area (Å²) in [6, 6.07) is 6.45. The number of halogens is 4. The Labute approximate surface area is 189 Å². The van der Waals surface area contributed by atoms with Gasteiger partial charge in [0.25, 0.3) is 0 Å². The van der Waals surface area contributed by atoms with Gasteiger partial charge in [0.2, 0.25) is 0 Å². The number of alkyl halides is 3. The van der Waals surface area contributed by atoms with Gasteiger partial charge in [-0.2, -0.15) is 13.2 Å². The maximum atomic E-state index is 13.0. The van der Waals surface area contributed by atoms with Crippen molar-refractivity contribution in [1.82, 2.24) is 4.98 Å². The molecule has 2 heterocycles. The summed E-state index contributed by atoms with van der Waals surface area (Å²) in [4.78, 5) is 6.29. The Bertz CT molecular complexity index is 1160. The molecule has 0 aliphatic carbocycles. The number of benzene rings is 1. The fourth-order valence-corrected chi connectivity index (χ4v) is 4.72. The lowest BCUT2D eigenvalue weighted by Crippen LogP contribution is -2.40. The molecule has 1 aliphatic rings. The van der Waals surface area contributed by atoms with Gasteiger partial charge in [-0.05, 0) is 29.3 Å². The number of anilines is 1. The van der Waals surface area contributed by atoms with Crippen LogP contribution in [0.15, 0.2) is 66.5 Å². The van der Waals surface area contributed by atoms with E-state index in [-0.39, 0.29) is 29.6 Å². The number of hydrogen-bond donors (Lipinski definition) is 1. The van der Waals surface area contributed by atoms with Crippen molar-refractivity contribution < 1.29 is 21.6 Å². The van der Waals surface area contributed by atoms with Gasteiger partial charge in [-0.3, -0.25) is 0 Å². The average Bonchev–Trinajstić information content (AvgIpc) is 2.76. The maximum absolute atomic E-state index is 13.0. The summed E-state index contributed by atoms with van der Waals surface area (Å²) in [5.41, 5.74) is 6.99. The first-order valence-electron chi connectivity index (χ1n) is 9.59. The van der Waals surface area contributed by atoms with Crippen LogP contribution in [0, 0.1) is 0 Å². The summed E-state index contributed by atoms with van der Waals surface area (Å²) in [6.45, 7) is 4.27. The van der Waals surface area contributed by atoms with Gasteiger partial charge < -0.3 is 10.6 Å². The Kier molecular flexibility index (Phi) is 7.00. The summed E-state index contributed by atoms with van der Waals surface area (Å²) < 4.78 is 62.5. The van der Waals surface area contributed by atoms with E-state index < -0.39 is 21.6 Å². The normalized spacial score (nSPS) is 17.3. The SMILES string of the molecule is C=C/C=C(\C(Cl)=C/N)c1cc(N2CCS(=O)(=O)CC2)ncc1-c1ccc(C(F)(F)F)cc1. The third-order valence-corrected chi connectivity index (χ3v) is 7.00. The zero-order valence-corrected chi connectivity index (χ0v) is 18.5. The minimum absolute atomic E-state index is 0.0173. The van der Waals surface area contributed by atoms with Crippen LogP contribution in [0.5, 0.6) is 0 Å². The van der Waals surface area contributed by atoms with E-state index in [0.717, 1.165) is 12.1 Å². The maximum Gasteiger partial charge on any atom is 0.416 e. The molecule has 2 aromatic rings. The monoisotopic (exact) mass is 483 g/mol. The first-order valence-corrected chi connectivity index (χ1v) is 11.8. The van der Waals surface area contributed by atoms with Gasteiger partial charge in [0.1, 0.15) is 5.82 Å². The molecule has 10 heteroatoms. The van der Waals surface area contributed by atoms with E-state index in [1.807, 2.05) is 4.90 Å². The first-order chi connectivity index (χ1) is 15.1. The number of nitrogens with zero attached hydrogens (tertiary/aromatic N) is 2. The fourth-order valence-electron chi connectivity index (χ4n) is 3.36. The van der Waals surface area contributed by atoms with Crippen molar-refractivity contribution >= 4 is 32.8 Å². The molecule has 0 bridgehead atoms. The summed E-state index contributed by atoms with van der Waals surface area (Å²) in [6.07, 6.45) is 1.46. The molecular formula is C22H21ClF3N3O2S. The Morgan fingerprint density at radius 1 is 1.19 bits per heavy atom. The van der Waals surface area contributed by atoms with Crippen LogP contribution in [-0.2, 0) is 16.0 Å². The first kappa shape index (κ1) is 23.9. The van der Waals surface area contributed by atoms with Crippen molar-refractivity contribution in [1.29, 1.82) is 0 Å². The lowest BCUT2D eigenvalue weighted by Gasteiger charge is -2.28. The molecule has 3 rings (SSSR count). The second-order valence-corrected chi connectivity index (χ2v) is 9.84. The zero-order chi connectivity index (χ0) is 23.5. The molecule has 1 saturated heterocycles. The van der Waals surface area contributed by atoms with Gasteiger partial charge in [-0.1, -0.05) is 42.5 Å². The van der Waals surface area contributed by atoms with Crippen molar-refractivity contribution in [3.8, 4) is 11.1 Å².